The van der Waals surface area contributed by atoms with Crippen molar-refractivity contribution in [3.05, 3.63) is 35.4 Å². The van der Waals surface area contributed by atoms with Crippen molar-refractivity contribution in [2.45, 2.75) is 32.2 Å². The normalized spacial score (nSPS) is 19.4. The van der Waals surface area contributed by atoms with Gasteiger partial charge in [0.2, 0.25) is 11.8 Å². The van der Waals surface area contributed by atoms with E-state index in [0.29, 0.717) is 25.6 Å². The van der Waals surface area contributed by atoms with Crippen LogP contribution in [0.4, 0.5) is 0 Å². The van der Waals surface area contributed by atoms with Gasteiger partial charge in [0.25, 0.3) is 0 Å². The van der Waals surface area contributed by atoms with Crippen molar-refractivity contribution in [3.63, 3.8) is 0 Å². The molecule has 2 aliphatic rings. The van der Waals surface area contributed by atoms with Crippen molar-refractivity contribution in [2.75, 3.05) is 19.6 Å². The summed E-state index contributed by atoms with van der Waals surface area (Å²) in [6, 6.07) is 8.44. The molecule has 1 aliphatic heterocycles. The molecule has 1 saturated carbocycles. The van der Waals surface area contributed by atoms with Gasteiger partial charge in [-0.25, -0.2) is 0 Å². The second kappa shape index (κ2) is 5.27. The molecule has 0 aromatic heterocycles. The standard InChI is InChI=1S/C16H20N2O2/c1-12-2-4-13(5-3-12)10-15(19)17-8-9-18(14-6-7-14)16(20)11-17/h2-5,14H,6-11H2,1H3. The first-order chi connectivity index (χ1) is 9.63. The maximum absolute atomic E-state index is 12.2. The highest BCUT2D eigenvalue weighted by atomic mass is 16.2. The van der Waals surface area contributed by atoms with Crippen molar-refractivity contribution in [3.8, 4) is 0 Å². The molecule has 106 valence electrons. The Morgan fingerprint density at radius 3 is 2.50 bits per heavy atom. The molecule has 0 atom stereocenters. The predicted molar refractivity (Wildman–Crippen MR) is 76.2 cm³/mol. The quantitative estimate of drug-likeness (QED) is 0.834. The van der Waals surface area contributed by atoms with E-state index >= 15 is 0 Å². The maximum Gasteiger partial charge on any atom is 0.242 e. The van der Waals surface area contributed by atoms with Gasteiger partial charge in [-0.2, -0.15) is 0 Å². The number of hydrogen-bond donors (Lipinski definition) is 0. The van der Waals surface area contributed by atoms with Gasteiger partial charge >= 0.3 is 0 Å². The Morgan fingerprint density at radius 1 is 1.20 bits per heavy atom. The number of amides is 2. The molecule has 3 rings (SSSR count). The molecule has 2 fully saturated rings. The topological polar surface area (TPSA) is 40.6 Å². The van der Waals surface area contributed by atoms with Crippen molar-refractivity contribution in [1.29, 1.82) is 0 Å². The van der Waals surface area contributed by atoms with Crippen LogP contribution in [0.5, 0.6) is 0 Å². The molecule has 0 spiro atoms. The van der Waals surface area contributed by atoms with Crippen LogP contribution in [-0.2, 0) is 16.0 Å². The van der Waals surface area contributed by atoms with Gasteiger partial charge in [0.15, 0.2) is 0 Å². The lowest BCUT2D eigenvalue weighted by atomic mass is 10.1. The van der Waals surface area contributed by atoms with E-state index in [-0.39, 0.29) is 18.4 Å². The summed E-state index contributed by atoms with van der Waals surface area (Å²) >= 11 is 0. The van der Waals surface area contributed by atoms with E-state index in [1.54, 1.807) is 4.90 Å². The van der Waals surface area contributed by atoms with Crippen molar-refractivity contribution >= 4 is 11.8 Å². The first kappa shape index (κ1) is 13.2. The molecular formula is C16H20N2O2. The molecule has 20 heavy (non-hydrogen) atoms. The largest absolute Gasteiger partial charge is 0.336 e. The lowest BCUT2D eigenvalue weighted by Gasteiger charge is -2.34. The lowest BCUT2D eigenvalue weighted by molar-refractivity contribution is -0.145. The van der Waals surface area contributed by atoms with Crippen LogP contribution in [0, 0.1) is 6.92 Å². The van der Waals surface area contributed by atoms with E-state index in [4.69, 9.17) is 0 Å². The number of carbonyl (C=O) groups excluding carboxylic acids is 2. The third-order valence-electron chi connectivity index (χ3n) is 4.07. The number of piperazine rings is 1. The van der Waals surface area contributed by atoms with Gasteiger partial charge < -0.3 is 9.80 Å². The van der Waals surface area contributed by atoms with Gasteiger partial charge in [0, 0.05) is 19.1 Å². The Kier molecular flexibility index (Phi) is 3.47. The first-order valence-corrected chi connectivity index (χ1v) is 7.26. The number of carbonyl (C=O) groups is 2. The number of rotatable bonds is 3. The van der Waals surface area contributed by atoms with E-state index in [0.717, 1.165) is 18.4 Å². The molecule has 0 N–H and O–H groups in total. The SMILES string of the molecule is Cc1ccc(CC(=O)N2CCN(C3CC3)C(=O)C2)cc1. The zero-order chi connectivity index (χ0) is 14.1. The maximum atomic E-state index is 12.2. The third-order valence-corrected chi connectivity index (χ3v) is 4.07. The fraction of sp³-hybridized carbons (Fsp3) is 0.500. The molecule has 4 heteroatoms. The minimum atomic E-state index is 0.0534. The molecule has 0 bridgehead atoms. The molecule has 1 aromatic rings. The summed E-state index contributed by atoms with van der Waals surface area (Å²) in [4.78, 5) is 27.9. The van der Waals surface area contributed by atoms with Crippen LogP contribution in [-0.4, -0.2) is 47.3 Å². The summed E-state index contributed by atoms with van der Waals surface area (Å²) < 4.78 is 0. The minimum absolute atomic E-state index is 0.0534. The summed E-state index contributed by atoms with van der Waals surface area (Å²) in [5.74, 6) is 0.161. The van der Waals surface area contributed by atoms with Crippen LogP contribution in [0.1, 0.15) is 24.0 Å². The molecule has 0 unspecified atom stereocenters. The summed E-state index contributed by atoms with van der Waals surface area (Å²) in [7, 11) is 0. The Bertz CT molecular complexity index is 520. The predicted octanol–water partition coefficient (Wildman–Crippen LogP) is 1.37. The molecule has 1 heterocycles. The van der Waals surface area contributed by atoms with Gasteiger partial charge in [0.1, 0.15) is 0 Å². The van der Waals surface area contributed by atoms with Gasteiger partial charge in [-0.05, 0) is 25.3 Å². The Morgan fingerprint density at radius 2 is 1.90 bits per heavy atom. The average Bonchev–Trinajstić information content (AvgIpc) is 3.25. The zero-order valence-corrected chi connectivity index (χ0v) is 11.8. The number of benzene rings is 1. The summed E-state index contributed by atoms with van der Waals surface area (Å²) in [6.45, 7) is 3.65. The Labute approximate surface area is 119 Å². The summed E-state index contributed by atoms with van der Waals surface area (Å²) in [5.41, 5.74) is 2.20. The molecule has 1 aliphatic carbocycles. The van der Waals surface area contributed by atoms with Gasteiger partial charge in [0.05, 0.1) is 13.0 Å². The monoisotopic (exact) mass is 272 g/mol. The summed E-state index contributed by atoms with van der Waals surface area (Å²) in [6.07, 6.45) is 2.64. The minimum Gasteiger partial charge on any atom is -0.336 e. The van der Waals surface area contributed by atoms with Gasteiger partial charge in [-0.15, -0.1) is 0 Å². The van der Waals surface area contributed by atoms with E-state index in [9.17, 15) is 9.59 Å². The van der Waals surface area contributed by atoms with Crippen LogP contribution in [0.2, 0.25) is 0 Å². The highest BCUT2D eigenvalue weighted by Crippen LogP contribution is 2.28. The first-order valence-electron chi connectivity index (χ1n) is 7.26. The lowest BCUT2D eigenvalue weighted by Crippen LogP contribution is -2.53. The molecule has 4 nitrogen and oxygen atoms in total. The fourth-order valence-corrected chi connectivity index (χ4v) is 2.66. The van der Waals surface area contributed by atoms with Crippen LogP contribution in [0.25, 0.3) is 0 Å². The van der Waals surface area contributed by atoms with Gasteiger partial charge in [-0.3, -0.25) is 9.59 Å². The Hall–Kier alpha value is -1.84. The van der Waals surface area contributed by atoms with Gasteiger partial charge in [-0.1, -0.05) is 29.8 Å². The van der Waals surface area contributed by atoms with Crippen molar-refractivity contribution in [2.24, 2.45) is 0 Å². The highest BCUT2D eigenvalue weighted by molar-refractivity contribution is 5.87. The molecule has 2 amide bonds. The number of aryl methyl sites for hydroxylation is 1. The number of nitrogens with zero attached hydrogens (tertiary/aromatic N) is 2. The van der Waals surface area contributed by atoms with Crippen molar-refractivity contribution < 1.29 is 9.59 Å². The molecular weight excluding hydrogens is 252 g/mol. The van der Waals surface area contributed by atoms with E-state index < -0.39 is 0 Å². The van der Waals surface area contributed by atoms with E-state index in [1.807, 2.05) is 36.1 Å². The second-order valence-electron chi connectivity index (χ2n) is 5.80. The third kappa shape index (κ3) is 2.84. The smallest absolute Gasteiger partial charge is 0.242 e. The highest BCUT2D eigenvalue weighted by Gasteiger charge is 2.36. The number of hydrogen-bond acceptors (Lipinski definition) is 2. The average molecular weight is 272 g/mol. The van der Waals surface area contributed by atoms with E-state index in [2.05, 4.69) is 0 Å². The molecule has 1 saturated heterocycles. The fourth-order valence-electron chi connectivity index (χ4n) is 2.66. The van der Waals surface area contributed by atoms with Crippen LogP contribution in [0.15, 0.2) is 24.3 Å². The van der Waals surface area contributed by atoms with Crippen LogP contribution >= 0.6 is 0 Å². The van der Waals surface area contributed by atoms with Crippen LogP contribution in [0.3, 0.4) is 0 Å². The molecule has 1 aromatic carbocycles. The summed E-state index contributed by atoms with van der Waals surface area (Å²) in [5, 5.41) is 0. The molecule has 0 radical (unpaired) electrons. The van der Waals surface area contributed by atoms with E-state index in [1.165, 1.54) is 5.56 Å². The van der Waals surface area contributed by atoms with Crippen molar-refractivity contribution in [1.82, 2.24) is 9.80 Å². The van der Waals surface area contributed by atoms with Crippen LogP contribution < -0.4 is 0 Å². The second-order valence-corrected chi connectivity index (χ2v) is 5.80. The zero-order valence-electron chi connectivity index (χ0n) is 11.8. The Balaban J connectivity index is 1.57.